The number of nitrogens with zero attached hydrogens (tertiary/aromatic N) is 1. The highest BCUT2D eigenvalue weighted by Crippen LogP contribution is 2.21. The van der Waals surface area contributed by atoms with Gasteiger partial charge in [-0.3, -0.25) is 9.79 Å². The predicted molar refractivity (Wildman–Crippen MR) is 117 cm³/mol. The van der Waals surface area contributed by atoms with Crippen LogP contribution < -0.4 is 14.8 Å². The largest absolute Gasteiger partial charge is 0.494 e. The fraction of sp³-hybridized carbons (Fsp3) is 0.130. The number of carbonyl (C=O) groups excluding carboxylic acids is 1. The van der Waals surface area contributed by atoms with E-state index in [1.54, 1.807) is 42.6 Å². The Morgan fingerprint density at radius 2 is 1.62 bits per heavy atom. The van der Waals surface area contributed by atoms with Crippen molar-refractivity contribution >= 4 is 35.1 Å². The van der Waals surface area contributed by atoms with Crippen LogP contribution in [0.25, 0.3) is 0 Å². The van der Waals surface area contributed by atoms with Crippen LogP contribution in [0.15, 0.2) is 77.8 Å². The van der Waals surface area contributed by atoms with Crippen LogP contribution in [-0.4, -0.2) is 25.3 Å². The second kappa shape index (κ2) is 10.3. The third-order valence-electron chi connectivity index (χ3n) is 3.91. The molecular weight excluding hydrogens is 388 g/mol. The first-order valence-electron chi connectivity index (χ1n) is 9.18. The van der Waals surface area contributed by atoms with Crippen LogP contribution >= 0.6 is 11.6 Å². The van der Waals surface area contributed by atoms with Gasteiger partial charge in [-0.05, 0) is 73.2 Å². The summed E-state index contributed by atoms with van der Waals surface area (Å²) in [5.41, 5.74) is 2.32. The maximum absolute atomic E-state index is 12.0. The molecule has 3 aromatic rings. The summed E-state index contributed by atoms with van der Waals surface area (Å²) < 4.78 is 10.9. The smallest absolute Gasteiger partial charge is 0.262 e. The van der Waals surface area contributed by atoms with Crippen molar-refractivity contribution in [3.8, 4) is 11.5 Å². The summed E-state index contributed by atoms with van der Waals surface area (Å²) in [6, 6.07) is 22.0. The van der Waals surface area contributed by atoms with E-state index < -0.39 is 0 Å². The van der Waals surface area contributed by atoms with Gasteiger partial charge < -0.3 is 14.8 Å². The van der Waals surface area contributed by atoms with Crippen molar-refractivity contribution in [2.75, 3.05) is 18.5 Å². The van der Waals surface area contributed by atoms with Gasteiger partial charge in [0.15, 0.2) is 6.61 Å². The number of benzene rings is 3. The molecule has 0 unspecified atom stereocenters. The molecule has 0 spiro atoms. The SMILES string of the molecule is CCOc1ccc(N=Cc2ccc(OCC(=O)Nc3ccccc3Cl)cc2)cc1. The van der Waals surface area contributed by atoms with Crippen LogP contribution in [0.2, 0.25) is 5.02 Å². The van der Waals surface area contributed by atoms with Crippen LogP contribution in [0.1, 0.15) is 12.5 Å². The molecule has 1 N–H and O–H groups in total. The Morgan fingerprint density at radius 1 is 0.966 bits per heavy atom. The normalized spacial score (nSPS) is 10.7. The van der Waals surface area contributed by atoms with Crippen LogP contribution in [0.5, 0.6) is 11.5 Å². The molecule has 0 fully saturated rings. The summed E-state index contributed by atoms with van der Waals surface area (Å²) in [5.74, 6) is 1.14. The number of hydrogen-bond donors (Lipinski definition) is 1. The molecule has 3 rings (SSSR count). The molecule has 0 aliphatic heterocycles. The third-order valence-corrected chi connectivity index (χ3v) is 4.24. The van der Waals surface area contributed by atoms with Crippen LogP contribution in [0, 0.1) is 0 Å². The molecule has 0 aliphatic carbocycles. The number of para-hydroxylation sites is 1. The van der Waals surface area contributed by atoms with Gasteiger partial charge in [-0.25, -0.2) is 0 Å². The van der Waals surface area contributed by atoms with Crippen molar-refractivity contribution in [1.82, 2.24) is 0 Å². The molecule has 0 saturated heterocycles. The Balaban J connectivity index is 1.50. The van der Waals surface area contributed by atoms with Crippen molar-refractivity contribution in [2.45, 2.75) is 6.92 Å². The molecular formula is C23H21ClN2O3. The number of nitrogens with one attached hydrogen (secondary N) is 1. The molecule has 0 radical (unpaired) electrons. The van der Waals surface area contributed by atoms with Gasteiger partial charge in [0, 0.05) is 6.21 Å². The minimum atomic E-state index is -0.278. The van der Waals surface area contributed by atoms with Gasteiger partial charge in [0.1, 0.15) is 11.5 Å². The van der Waals surface area contributed by atoms with Gasteiger partial charge in [-0.1, -0.05) is 23.7 Å². The molecule has 1 amide bonds. The molecule has 0 aliphatic rings. The van der Waals surface area contributed by atoms with E-state index in [4.69, 9.17) is 21.1 Å². The van der Waals surface area contributed by atoms with Crippen molar-refractivity contribution in [3.63, 3.8) is 0 Å². The second-order valence-corrected chi connectivity index (χ2v) is 6.48. The van der Waals surface area contributed by atoms with Gasteiger partial charge in [0.2, 0.25) is 0 Å². The van der Waals surface area contributed by atoms with Gasteiger partial charge >= 0.3 is 0 Å². The highest BCUT2D eigenvalue weighted by atomic mass is 35.5. The maximum atomic E-state index is 12.0. The van der Waals surface area contributed by atoms with Gasteiger partial charge in [0.25, 0.3) is 5.91 Å². The van der Waals surface area contributed by atoms with Crippen molar-refractivity contribution in [3.05, 3.63) is 83.4 Å². The first kappa shape index (κ1) is 20.4. The Bertz CT molecular complexity index is 970. The first-order chi connectivity index (χ1) is 14.1. The number of carbonyl (C=O) groups is 1. The molecule has 0 saturated carbocycles. The number of hydrogen-bond acceptors (Lipinski definition) is 4. The number of rotatable bonds is 8. The predicted octanol–water partition coefficient (Wildman–Crippen LogP) is 5.51. The molecule has 5 nitrogen and oxygen atoms in total. The maximum Gasteiger partial charge on any atom is 0.262 e. The third kappa shape index (κ3) is 6.36. The average molecular weight is 409 g/mol. The molecule has 29 heavy (non-hydrogen) atoms. The molecule has 0 heterocycles. The van der Waals surface area contributed by atoms with E-state index in [1.807, 2.05) is 43.3 Å². The fourth-order valence-corrected chi connectivity index (χ4v) is 2.68. The van der Waals surface area contributed by atoms with Gasteiger partial charge in [-0.15, -0.1) is 0 Å². The highest BCUT2D eigenvalue weighted by Gasteiger charge is 2.06. The lowest BCUT2D eigenvalue weighted by molar-refractivity contribution is -0.118. The number of amides is 1. The summed E-state index contributed by atoms with van der Waals surface area (Å²) in [6.07, 6.45) is 1.77. The summed E-state index contributed by atoms with van der Waals surface area (Å²) in [6.45, 7) is 2.48. The summed E-state index contributed by atoms with van der Waals surface area (Å²) >= 11 is 6.02. The zero-order valence-electron chi connectivity index (χ0n) is 16.0. The van der Waals surface area contributed by atoms with Crippen molar-refractivity contribution in [2.24, 2.45) is 4.99 Å². The summed E-state index contributed by atoms with van der Waals surface area (Å²) in [4.78, 5) is 16.4. The lowest BCUT2D eigenvalue weighted by atomic mass is 10.2. The summed E-state index contributed by atoms with van der Waals surface area (Å²) in [7, 11) is 0. The van der Waals surface area contributed by atoms with E-state index in [2.05, 4.69) is 10.3 Å². The summed E-state index contributed by atoms with van der Waals surface area (Å²) in [5, 5.41) is 3.20. The monoisotopic (exact) mass is 408 g/mol. The number of aliphatic imine (C=N–C) groups is 1. The van der Waals surface area contributed by atoms with E-state index in [0.717, 1.165) is 17.0 Å². The minimum Gasteiger partial charge on any atom is -0.494 e. The number of anilines is 1. The Morgan fingerprint density at radius 3 is 2.31 bits per heavy atom. The van der Waals surface area contributed by atoms with Crippen molar-refractivity contribution < 1.29 is 14.3 Å². The average Bonchev–Trinajstić information content (AvgIpc) is 2.74. The van der Waals surface area contributed by atoms with Crippen LogP contribution in [0.3, 0.4) is 0 Å². The first-order valence-corrected chi connectivity index (χ1v) is 9.56. The zero-order chi connectivity index (χ0) is 20.5. The van der Waals surface area contributed by atoms with Crippen LogP contribution in [0.4, 0.5) is 11.4 Å². The van der Waals surface area contributed by atoms with E-state index in [-0.39, 0.29) is 12.5 Å². The molecule has 3 aromatic carbocycles. The number of halogens is 1. The van der Waals surface area contributed by atoms with Crippen LogP contribution in [-0.2, 0) is 4.79 Å². The highest BCUT2D eigenvalue weighted by molar-refractivity contribution is 6.33. The van der Waals surface area contributed by atoms with E-state index in [0.29, 0.717) is 23.1 Å². The Kier molecular flexibility index (Phi) is 7.25. The minimum absolute atomic E-state index is 0.106. The fourth-order valence-electron chi connectivity index (χ4n) is 2.49. The topological polar surface area (TPSA) is 59.9 Å². The van der Waals surface area contributed by atoms with E-state index in [1.165, 1.54) is 0 Å². The van der Waals surface area contributed by atoms with Gasteiger partial charge in [0.05, 0.1) is 23.0 Å². The second-order valence-electron chi connectivity index (χ2n) is 6.07. The molecule has 148 valence electrons. The molecule has 0 atom stereocenters. The van der Waals surface area contributed by atoms with Gasteiger partial charge in [-0.2, -0.15) is 0 Å². The standard InChI is InChI=1S/C23H21ClN2O3/c1-2-28-19-13-9-18(10-14-19)25-15-17-7-11-20(12-8-17)29-16-23(27)26-22-6-4-3-5-21(22)24/h3-15H,2,16H2,1H3,(H,26,27). The Labute approximate surface area is 175 Å². The lowest BCUT2D eigenvalue weighted by Gasteiger charge is -2.08. The Hall–Kier alpha value is -3.31. The number of ether oxygens (including phenoxy) is 2. The lowest BCUT2D eigenvalue weighted by Crippen LogP contribution is -2.20. The van der Waals surface area contributed by atoms with E-state index >= 15 is 0 Å². The van der Waals surface area contributed by atoms with E-state index in [9.17, 15) is 4.79 Å². The molecule has 0 bridgehead atoms. The zero-order valence-corrected chi connectivity index (χ0v) is 16.7. The molecule has 6 heteroatoms. The quantitative estimate of drug-likeness (QED) is 0.500. The molecule has 0 aromatic heterocycles. The van der Waals surface area contributed by atoms with Crippen molar-refractivity contribution in [1.29, 1.82) is 0 Å².